The van der Waals surface area contributed by atoms with Crippen molar-refractivity contribution in [3.63, 3.8) is 0 Å². The van der Waals surface area contributed by atoms with Gasteiger partial charge in [-0.05, 0) is 31.4 Å². The fraction of sp³-hybridized carbons (Fsp3) is 0.500. The maximum absolute atomic E-state index is 12.5. The minimum atomic E-state index is -3.60. The molecule has 0 spiro atoms. The summed E-state index contributed by atoms with van der Waals surface area (Å²) in [7, 11) is -3.60. The highest BCUT2D eigenvalue weighted by atomic mass is 32.2. The average molecular weight is 310 g/mol. The Kier molecular flexibility index (Phi) is 4.84. The zero-order chi connectivity index (χ0) is 15.5. The molecule has 0 aromatic heterocycles. The normalized spacial score (nSPS) is 17.2. The summed E-state index contributed by atoms with van der Waals surface area (Å²) in [6.45, 7) is 2.88. The molecule has 6 nitrogen and oxygen atoms in total. The van der Waals surface area contributed by atoms with Gasteiger partial charge in [-0.25, -0.2) is 0 Å². The van der Waals surface area contributed by atoms with E-state index in [-0.39, 0.29) is 5.84 Å². The van der Waals surface area contributed by atoms with E-state index in [1.807, 2.05) is 0 Å². The number of rotatable bonds is 4. The molecule has 0 radical (unpaired) electrons. The van der Waals surface area contributed by atoms with Gasteiger partial charge in [0, 0.05) is 18.7 Å². The second-order valence-electron chi connectivity index (χ2n) is 5.33. The summed E-state index contributed by atoms with van der Waals surface area (Å²) in [6.07, 6.45) is 3.90. The van der Waals surface area contributed by atoms with Gasteiger partial charge in [0.15, 0.2) is 0 Å². The lowest BCUT2D eigenvalue weighted by atomic mass is 10.1. The molecule has 0 amide bonds. The molecule has 1 fully saturated rings. The topological polar surface area (TPSA) is 99.3 Å². The van der Waals surface area contributed by atoms with E-state index in [4.69, 9.17) is 11.1 Å². The standard InChI is InChI=1S/C14H22N4O2S/c1-11-7-6-8-12(13(11)14(15)16)17-21(19,20)18-9-4-2-3-5-10-18/h6-8,17H,2-5,9-10H2,1H3,(H3,15,16). The molecule has 0 saturated carbocycles. The highest BCUT2D eigenvalue weighted by molar-refractivity contribution is 7.90. The molecule has 116 valence electrons. The van der Waals surface area contributed by atoms with Crippen LogP contribution in [0.1, 0.15) is 36.8 Å². The molecule has 0 unspecified atom stereocenters. The number of nitrogen functional groups attached to an aromatic ring is 1. The van der Waals surface area contributed by atoms with Crippen molar-refractivity contribution in [1.82, 2.24) is 4.31 Å². The van der Waals surface area contributed by atoms with Gasteiger partial charge in [-0.3, -0.25) is 10.1 Å². The lowest BCUT2D eigenvalue weighted by Gasteiger charge is -2.22. The van der Waals surface area contributed by atoms with Gasteiger partial charge in [-0.1, -0.05) is 25.0 Å². The van der Waals surface area contributed by atoms with Crippen LogP contribution in [0.3, 0.4) is 0 Å². The van der Waals surface area contributed by atoms with Gasteiger partial charge < -0.3 is 5.73 Å². The molecule has 1 aliphatic heterocycles. The molecule has 1 heterocycles. The van der Waals surface area contributed by atoms with E-state index >= 15 is 0 Å². The number of aryl methyl sites for hydroxylation is 1. The second kappa shape index (κ2) is 6.44. The Morgan fingerprint density at radius 3 is 2.43 bits per heavy atom. The number of nitrogens with one attached hydrogen (secondary N) is 2. The van der Waals surface area contributed by atoms with Crippen molar-refractivity contribution < 1.29 is 8.42 Å². The summed E-state index contributed by atoms with van der Waals surface area (Å²) in [5, 5.41) is 7.63. The van der Waals surface area contributed by atoms with Crippen LogP contribution in [0, 0.1) is 12.3 Å². The maximum Gasteiger partial charge on any atom is 0.301 e. The summed E-state index contributed by atoms with van der Waals surface area (Å²) in [6, 6.07) is 5.20. The molecule has 0 bridgehead atoms. The van der Waals surface area contributed by atoms with Crippen LogP contribution < -0.4 is 10.5 Å². The van der Waals surface area contributed by atoms with E-state index in [1.165, 1.54) is 4.31 Å². The first-order chi connectivity index (χ1) is 9.92. The van der Waals surface area contributed by atoms with Crippen molar-refractivity contribution in [3.05, 3.63) is 29.3 Å². The van der Waals surface area contributed by atoms with Gasteiger partial charge >= 0.3 is 10.2 Å². The van der Waals surface area contributed by atoms with E-state index < -0.39 is 10.2 Å². The Morgan fingerprint density at radius 1 is 1.24 bits per heavy atom. The van der Waals surface area contributed by atoms with Crippen molar-refractivity contribution in [2.24, 2.45) is 5.73 Å². The largest absolute Gasteiger partial charge is 0.384 e. The zero-order valence-electron chi connectivity index (χ0n) is 12.2. The minimum absolute atomic E-state index is 0.137. The first-order valence-electron chi connectivity index (χ1n) is 7.14. The quantitative estimate of drug-likeness (QED) is 0.584. The van der Waals surface area contributed by atoms with Crippen LogP contribution in [0.25, 0.3) is 0 Å². The Hall–Kier alpha value is -1.60. The van der Waals surface area contributed by atoms with Gasteiger partial charge in [0.05, 0.1) is 5.69 Å². The number of hydrogen-bond acceptors (Lipinski definition) is 3. The third-order valence-corrected chi connectivity index (χ3v) is 5.21. The highest BCUT2D eigenvalue weighted by Gasteiger charge is 2.24. The summed E-state index contributed by atoms with van der Waals surface area (Å²) >= 11 is 0. The molecule has 21 heavy (non-hydrogen) atoms. The predicted molar refractivity (Wildman–Crippen MR) is 84.8 cm³/mol. The van der Waals surface area contributed by atoms with Gasteiger partial charge in [0.1, 0.15) is 5.84 Å². The third-order valence-electron chi connectivity index (χ3n) is 3.69. The van der Waals surface area contributed by atoms with Crippen molar-refractivity contribution in [1.29, 1.82) is 5.41 Å². The number of benzene rings is 1. The van der Waals surface area contributed by atoms with Crippen LogP contribution in [-0.4, -0.2) is 31.6 Å². The van der Waals surface area contributed by atoms with Crippen LogP contribution in [0.15, 0.2) is 18.2 Å². The molecule has 7 heteroatoms. The molecule has 0 aliphatic carbocycles. The number of nitrogens with two attached hydrogens (primary N) is 1. The smallest absolute Gasteiger partial charge is 0.301 e. The van der Waals surface area contributed by atoms with Crippen molar-refractivity contribution >= 4 is 21.7 Å². The Balaban J connectivity index is 2.28. The van der Waals surface area contributed by atoms with Crippen LogP contribution >= 0.6 is 0 Å². The molecular formula is C14H22N4O2S. The fourth-order valence-electron chi connectivity index (χ4n) is 2.60. The van der Waals surface area contributed by atoms with Gasteiger partial charge in [-0.15, -0.1) is 0 Å². The second-order valence-corrected chi connectivity index (χ2v) is 7.00. The summed E-state index contributed by atoms with van der Waals surface area (Å²) in [5.41, 5.74) is 7.16. The first kappa shape index (κ1) is 15.8. The summed E-state index contributed by atoms with van der Waals surface area (Å²) in [4.78, 5) is 0. The van der Waals surface area contributed by atoms with E-state index in [2.05, 4.69) is 4.72 Å². The molecule has 1 aromatic carbocycles. The first-order valence-corrected chi connectivity index (χ1v) is 8.58. The fourth-order valence-corrected chi connectivity index (χ4v) is 3.91. The van der Waals surface area contributed by atoms with Gasteiger partial charge in [0.25, 0.3) is 0 Å². The minimum Gasteiger partial charge on any atom is -0.384 e. The van der Waals surface area contributed by atoms with Gasteiger partial charge in [0.2, 0.25) is 0 Å². The molecule has 1 aromatic rings. The molecule has 4 N–H and O–H groups in total. The lowest BCUT2D eigenvalue weighted by molar-refractivity contribution is 0.427. The van der Waals surface area contributed by atoms with Crippen molar-refractivity contribution in [2.75, 3.05) is 17.8 Å². The lowest BCUT2D eigenvalue weighted by Crippen LogP contribution is -2.37. The highest BCUT2D eigenvalue weighted by Crippen LogP contribution is 2.22. The summed E-state index contributed by atoms with van der Waals surface area (Å²) < 4.78 is 29.1. The SMILES string of the molecule is Cc1cccc(NS(=O)(=O)N2CCCCCC2)c1C(=N)N. The number of hydrogen-bond donors (Lipinski definition) is 3. The molecule has 1 saturated heterocycles. The average Bonchev–Trinajstić information content (AvgIpc) is 2.67. The number of amidine groups is 1. The van der Waals surface area contributed by atoms with Crippen LogP contribution in [0.2, 0.25) is 0 Å². The zero-order valence-corrected chi connectivity index (χ0v) is 13.0. The van der Waals surface area contributed by atoms with Gasteiger partial charge in [-0.2, -0.15) is 12.7 Å². The molecule has 0 atom stereocenters. The van der Waals surface area contributed by atoms with Crippen LogP contribution in [0.4, 0.5) is 5.69 Å². The number of anilines is 1. The van der Waals surface area contributed by atoms with Crippen molar-refractivity contribution in [2.45, 2.75) is 32.6 Å². The van der Waals surface area contributed by atoms with E-state index in [0.717, 1.165) is 31.2 Å². The molecule has 2 rings (SSSR count). The Morgan fingerprint density at radius 2 is 1.86 bits per heavy atom. The van der Waals surface area contributed by atoms with E-state index in [9.17, 15) is 8.42 Å². The van der Waals surface area contributed by atoms with Crippen LogP contribution in [0.5, 0.6) is 0 Å². The predicted octanol–water partition coefficient (Wildman–Crippen LogP) is 1.81. The third kappa shape index (κ3) is 3.74. The monoisotopic (exact) mass is 310 g/mol. The Labute approximate surface area is 126 Å². The van der Waals surface area contributed by atoms with E-state index in [1.54, 1.807) is 25.1 Å². The molecule has 1 aliphatic rings. The molecular weight excluding hydrogens is 288 g/mol. The van der Waals surface area contributed by atoms with Crippen molar-refractivity contribution in [3.8, 4) is 0 Å². The van der Waals surface area contributed by atoms with Crippen LogP contribution in [-0.2, 0) is 10.2 Å². The van der Waals surface area contributed by atoms with E-state index in [0.29, 0.717) is 24.3 Å². The summed E-state index contributed by atoms with van der Waals surface area (Å²) in [5.74, 6) is -0.137. The maximum atomic E-state index is 12.5. The Bertz CT molecular complexity index is 620. The number of nitrogens with zero attached hydrogens (tertiary/aromatic N) is 1.